The van der Waals surface area contributed by atoms with Gasteiger partial charge in [-0.05, 0) is 25.2 Å². The largest absolute Gasteiger partial charge is 0.352 e. The van der Waals surface area contributed by atoms with E-state index in [0.717, 1.165) is 5.41 Å². The molecule has 0 unspecified atom stereocenters. The molecule has 0 radical (unpaired) electrons. The monoisotopic (exact) mass is 355 g/mol. The van der Waals surface area contributed by atoms with Crippen LogP contribution in [0.25, 0.3) is 0 Å². The van der Waals surface area contributed by atoms with E-state index in [0.29, 0.717) is 5.69 Å². The maximum absolute atomic E-state index is 13.3. The van der Waals surface area contributed by atoms with Gasteiger partial charge in [0.2, 0.25) is 21.8 Å². The van der Waals surface area contributed by atoms with Gasteiger partial charge >= 0.3 is 0 Å². The van der Waals surface area contributed by atoms with Crippen LogP contribution in [0.4, 0.5) is 10.1 Å². The Bertz CT molecular complexity index is 764. The van der Waals surface area contributed by atoms with Crippen LogP contribution in [0.1, 0.15) is 6.42 Å². The summed E-state index contributed by atoms with van der Waals surface area (Å²) in [6.45, 7) is 0.192. The predicted octanol–water partition coefficient (Wildman–Crippen LogP) is 0.358. The molecule has 0 spiro atoms. The number of carbonyl (C=O) groups excluding carboxylic acids is 2. The van der Waals surface area contributed by atoms with Crippen molar-refractivity contribution in [1.29, 1.82) is 0 Å². The minimum Gasteiger partial charge on any atom is -0.352 e. The van der Waals surface area contributed by atoms with E-state index >= 15 is 0 Å². The number of halogens is 1. The van der Waals surface area contributed by atoms with Gasteiger partial charge in [-0.25, -0.2) is 17.5 Å². The minimum atomic E-state index is -3.47. The number of hydrogen-bond donors (Lipinski definition) is 2. The minimum absolute atomic E-state index is 0.0286. The first-order chi connectivity index (χ1) is 11.3. The molecule has 24 heavy (non-hydrogen) atoms. The fourth-order valence-electron chi connectivity index (χ4n) is 2.32. The molecule has 0 aromatic heterocycles. The Hall–Kier alpha value is -2.26. The number of anilines is 1. The molecular weight excluding hydrogens is 337 g/mol. The molecule has 130 valence electrons. The van der Waals surface area contributed by atoms with Crippen molar-refractivity contribution in [3.63, 3.8) is 0 Å². The lowest BCUT2D eigenvalue weighted by Gasteiger charge is -2.16. The van der Waals surface area contributed by atoms with Crippen molar-refractivity contribution in [2.24, 2.45) is 5.92 Å². The molecule has 1 fully saturated rings. The van der Waals surface area contributed by atoms with Crippen LogP contribution < -0.4 is 14.9 Å². The van der Waals surface area contributed by atoms with E-state index < -0.39 is 21.8 Å². The van der Waals surface area contributed by atoms with Crippen molar-refractivity contribution in [3.05, 3.63) is 41.6 Å². The number of amides is 2. The van der Waals surface area contributed by atoms with Gasteiger partial charge in [0.15, 0.2) is 0 Å². The van der Waals surface area contributed by atoms with Gasteiger partial charge in [-0.3, -0.25) is 9.59 Å². The average Bonchev–Trinajstić information content (AvgIpc) is 2.93. The highest BCUT2D eigenvalue weighted by molar-refractivity contribution is 7.92. The van der Waals surface area contributed by atoms with Gasteiger partial charge in [-0.2, -0.15) is 0 Å². The summed E-state index contributed by atoms with van der Waals surface area (Å²) in [4.78, 5) is 25.5. The number of nitrogens with one attached hydrogen (secondary N) is 2. The van der Waals surface area contributed by atoms with Gasteiger partial charge in [0, 0.05) is 30.6 Å². The van der Waals surface area contributed by atoms with E-state index in [2.05, 4.69) is 10.0 Å². The molecule has 2 rings (SSSR count). The van der Waals surface area contributed by atoms with E-state index in [-0.39, 0.29) is 31.3 Å². The van der Waals surface area contributed by atoms with Crippen LogP contribution in [0.15, 0.2) is 35.7 Å². The summed E-state index contributed by atoms with van der Waals surface area (Å²) >= 11 is 0. The topological polar surface area (TPSA) is 95.6 Å². The van der Waals surface area contributed by atoms with Gasteiger partial charge in [0.1, 0.15) is 5.82 Å². The molecule has 0 saturated carbocycles. The van der Waals surface area contributed by atoms with Gasteiger partial charge in [0.25, 0.3) is 0 Å². The molecule has 7 nitrogen and oxygen atoms in total. The molecule has 0 aliphatic carbocycles. The summed E-state index contributed by atoms with van der Waals surface area (Å²) < 4.78 is 37.7. The molecule has 1 saturated heterocycles. The molecule has 2 N–H and O–H groups in total. The van der Waals surface area contributed by atoms with Crippen LogP contribution in [0.5, 0.6) is 0 Å². The lowest BCUT2D eigenvalue weighted by molar-refractivity contribution is -0.126. The Labute approximate surface area is 139 Å². The van der Waals surface area contributed by atoms with Crippen molar-refractivity contribution in [2.45, 2.75) is 6.42 Å². The summed E-state index contributed by atoms with van der Waals surface area (Å²) in [5, 5.41) is 3.50. The molecule has 0 bridgehead atoms. The first-order valence-corrected chi connectivity index (χ1v) is 8.81. The first-order valence-electron chi connectivity index (χ1n) is 7.26. The number of hydrogen-bond acceptors (Lipinski definition) is 4. The third-order valence-corrected chi connectivity index (χ3v) is 4.69. The quantitative estimate of drug-likeness (QED) is 0.770. The third-order valence-electron chi connectivity index (χ3n) is 3.57. The Morgan fingerprint density at radius 1 is 1.46 bits per heavy atom. The molecule has 1 aromatic rings. The van der Waals surface area contributed by atoms with Crippen LogP contribution in [-0.2, 0) is 19.6 Å². The molecule has 1 aromatic carbocycles. The highest BCUT2D eigenvalue weighted by atomic mass is 32.2. The van der Waals surface area contributed by atoms with E-state index in [1.165, 1.54) is 36.2 Å². The Morgan fingerprint density at radius 2 is 2.21 bits per heavy atom. The highest BCUT2D eigenvalue weighted by Gasteiger charge is 2.34. The zero-order chi connectivity index (χ0) is 17.7. The molecule has 1 aliphatic heterocycles. The van der Waals surface area contributed by atoms with Gasteiger partial charge in [-0.1, -0.05) is 12.1 Å². The van der Waals surface area contributed by atoms with Crippen molar-refractivity contribution in [1.82, 2.24) is 10.0 Å². The number of nitrogens with zero attached hydrogens (tertiary/aromatic N) is 1. The maximum Gasteiger partial charge on any atom is 0.233 e. The van der Waals surface area contributed by atoms with Crippen LogP contribution >= 0.6 is 0 Å². The second-order valence-corrected chi connectivity index (χ2v) is 7.02. The smallest absolute Gasteiger partial charge is 0.233 e. The molecule has 1 heterocycles. The van der Waals surface area contributed by atoms with Crippen molar-refractivity contribution < 1.29 is 22.4 Å². The Kier molecular flexibility index (Phi) is 5.68. The molecular formula is C15H18FN3O4S. The van der Waals surface area contributed by atoms with Crippen LogP contribution in [-0.4, -0.2) is 40.4 Å². The SMILES string of the molecule is CNS(=O)(=O)/C=C/CNC(=O)[C@@H]1CC(=O)N(c2cccc(F)c2)C1. The van der Waals surface area contributed by atoms with Crippen molar-refractivity contribution in [3.8, 4) is 0 Å². The Balaban J connectivity index is 1.92. The normalized spacial score (nSPS) is 18.3. The van der Waals surface area contributed by atoms with Crippen LogP contribution in [0, 0.1) is 11.7 Å². The summed E-state index contributed by atoms with van der Waals surface area (Å²) in [5.74, 6) is -1.62. The zero-order valence-electron chi connectivity index (χ0n) is 13.0. The van der Waals surface area contributed by atoms with Gasteiger partial charge < -0.3 is 10.2 Å². The standard InChI is InChI=1S/C15H18FN3O4S/c1-17-24(22,23)7-3-6-18-15(21)11-8-14(20)19(10-11)13-5-2-4-12(16)9-13/h2-5,7,9,11,17H,6,8,10H2,1H3,(H,18,21)/b7-3+/t11-/m1/s1. The number of sulfonamides is 1. The van der Waals surface area contributed by atoms with Crippen molar-refractivity contribution in [2.75, 3.05) is 25.0 Å². The zero-order valence-corrected chi connectivity index (χ0v) is 13.8. The fraction of sp³-hybridized carbons (Fsp3) is 0.333. The second kappa shape index (κ2) is 7.54. The molecule has 9 heteroatoms. The van der Waals surface area contributed by atoms with E-state index in [1.807, 2.05) is 0 Å². The summed E-state index contributed by atoms with van der Waals surface area (Å²) in [6, 6.07) is 5.62. The number of carbonyl (C=O) groups is 2. The fourth-order valence-corrected chi connectivity index (χ4v) is 2.81. The second-order valence-electron chi connectivity index (χ2n) is 5.25. The Morgan fingerprint density at radius 3 is 2.88 bits per heavy atom. The van der Waals surface area contributed by atoms with E-state index in [1.54, 1.807) is 6.07 Å². The van der Waals surface area contributed by atoms with Gasteiger partial charge in [0.05, 0.1) is 5.92 Å². The molecule has 2 amide bonds. The van der Waals surface area contributed by atoms with E-state index in [4.69, 9.17) is 0 Å². The lowest BCUT2D eigenvalue weighted by atomic mass is 10.1. The number of rotatable bonds is 6. The molecule has 1 aliphatic rings. The average molecular weight is 355 g/mol. The third kappa shape index (κ3) is 4.62. The predicted molar refractivity (Wildman–Crippen MR) is 87.0 cm³/mol. The van der Waals surface area contributed by atoms with Crippen LogP contribution in [0.3, 0.4) is 0 Å². The van der Waals surface area contributed by atoms with E-state index in [9.17, 15) is 22.4 Å². The summed E-state index contributed by atoms with van der Waals surface area (Å²) in [7, 11) is -2.19. The van der Waals surface area contributed by atoms with Crippen LogP contribution in [0.2, 0.25) is 0 Å². The van der Waals surface area contributed by atoms with Crippen molar-refractivity contribution >= 4 is 27.5 Å². The lowest BCUT2D eigenvalue weighted by Crippen LogP contribution is -2.33. The summed E-state index contributed by atoms with van der Waals surface area (Å²) in [5.41, 5.74) is 0.412. The first kappa shape index (κ1) is 18.1. The highest BCUT2D eigenvalue weighted by Crippen LogP contribution is 2.25. The maximum atomic E-state index is 13.3. The van der Waals surface area contributed by atoms with Gasteiger partial charge in [-0.15, -0.1) is 0 Å². The number of benzene rings is 1. The molecule has 1 atom stereocenters. The summed E-state index contributed by atoms with van der Waals surface area (Å²) in [6.07, 6.45) is 1.33.